The van der Waals surface area contributed by atoms with Crippen LogP contribution in [0.2, 0.25) is 5.02 Å². The smallest absolute Gasteiger partial charge is 0.151 e. The minimum Gasteiger partial charge on any atom is -0.324 e. The lowest BCUT2D eigenvalue weighted by molar-refractivity contribution is 0.838. The highest BCUT2D eigenvalue weighted by Crippen LogP contribution is 2.20. The molecule has 3 aromatic rings. The van der Waals surface area contributed by atoms with Gasteiger partial charge >= 0.3 is 0 Å². The number of para-hydroxylation sites is 1. The number of halogens is 1. The third kappa shape index (κ3) is 2.82. The zero-order valence-electron chi connectivity index (χ0n) is 11.4. The average molecular weight is 299 g/mol. The molecule has 0 radical (unpaired) electrons. The maximum absolute atomic E-state index is 6.23. The predicted molar refractivity (Wildman–Crippen MR) is 83.5 cm³/mol. The number of hydrogen-bond acceptors (Lipinski definition) is 3. The molecule has 0 atom stereocenters. The summed E-state index contributed by atoms with van der Waals surface area (Å²) in [5.74, 6) is 1.57. The fourth-order valence-electron chi connectivity index (χ4n) is 2.29. The summed E-state index contributed by atoms with van der Waals surface area (Å²) in [5, 5.41) is 9.19. The van der Waals surface area contributed by atoms with E-state index in [0.29, 0.717) is 13.0 Å². The molecule has 0 fully saturated rings. The molecule has 0 aliphatic carbocycles. The lowest BCUT2D eigenvalue weighted by atomic mass is 10.1. The monoisotopic (exact) mass is 298 g/mol. The quantitative estimate of drug-likeness (QED) is 0.805. The number of rotatable bonds is 4. The Balaban J connectivity index is 2.04. The molecule has 0 saturated carbocycles. The van der Waals surface area contributed by atoms with Crippen molar-refractivity contribution >= 4 is 11.6 Å². The molecule has 21 heavy (non-hydrogen) atoms. The third-order valence-corrected chi connectivity index (χ3v) is 3.67. The van der Waals surface area contributed by atoms with Gasteiger partial charge in [-0.3, -0.25) is 4.57 Å². The van der Waals surface area contributed by atoms with E-state index in [-0.39, 0.29) is 0 Å². The molecule has 2 N–H and O–H groups in total. The molecule has 1 heterocycles. The number of benzene rings is 2. The van der Waals surface area contributed by atoms with E-state index in [2.05, 4.69) is 10.2 Å². The van der Waals surface area contributed by atoms with Crippen molar-refractivity contribution in [3.05, 3.63) is 76.8 Å². The second-order valence-corrected chi connectivity index (χ2v) is 5.08. The average Bonchev–Trinajstić information content (AvgIpc) is 2.93. The molecule has 0 spiro atoms. The second-order valence-electron chi connectivity index (χ2n) is 4.68. The highest BCUT2D eigenvalue weighted by molar-refractivity contribution is 6.31. The minimum atomic E-state index is 0.338. The fourth-order valence-corrected chi connectivity index (χ4v) is 2.49. The number of nitrogens with zero attached hydrogens (tertiary/aromatic N) is 3. The topological polar surface area (TPSA) is 56.7 Å². The maximum atomic E-state index is 6.23. The van der Waals surface area contributed by atoms with E-state index >= 15 is 0 Å². The van der Waals surface area contributed by atoms with Crippen LogP contribution in [-0.2, 0) is 13.0 Å². The molecule has 0 aliphatic heterocycles. The van der Waals surface area contributed by atoms with Gasteiger partial charge in [-0.25, -0.2) is 0 Å². The first kappa shape index (κ1) is 13.8. The summed E-state index contributed by atoms with van der Waals surface area (Å²) in [6.07, 6.45) is 0.613. The summed E-state index contributed by atoms with van der Waals surface area (Å²) in [7, 11) is 0. The highest BCUT2D eigenvalue weighted by Gasteiger charge is 2.14. The molecule has 2 aromatic carbocycles. The molecule has 0 unspecified atom stereocenters. The maximum Gasteiger partial charge on any atom is 0.151 e. The van der Waals surface area contributed by atoms with Gasteiger partial charge in [-0.15, -0.1) is 10.2 Å². The fraction of sp³-hybridized carbons (Fsp3) is 0.125. The molecular formula is C16H15ClN4. The van der Waals surface area contributed by atoms with E-state index in [9.17, 15) is 0 Å². The summed E-state index contributed by atoms with van der Waals surface area (Å²) >= 11 is 6.23. The zero-order chi connectivity index (χ0) is 14.7. The predicted octanol–water partition coefficient (Wildman–Crippen LogP) is 2.97. The van der Waals surface area contributed by atoms with Gasteiger partial charge in [-0.2, -0.15) is 0 Å². The summed E-state index contributed by atoms with van der Waals surface area (Å²) in [6.45, 7) is 0.338. The number of hydrogen-bond donors (Lipinski definition) is 1. The summed E-state index contributed by atoms with van der Waals surface area (Å²) in [6, 6.07) is 17.7. The Labute approximate surface area is 128 Å². The largest absolute Gasteiger partial charge is 0.324 e. The van der Waals surface area contributed by atoms with Crippen molar-refractivity contribution < 1.29 is 0 Å². The van der Waals surface area contributed by atoms with Crippen molar-refractivity contribution in [2.75, 3.05) is 0 Å². The van der Waals surface area contributed by atoms with Crippen LogP contribution in [0.1, 0.15) is 17.2 Å². The first-order valence-electron chi connectivity index (χ1n) is 6.71. The molecule has 5 heteroatoms. The van der Waals surface area contributed by atoms with E-state index in [1.54, 1.807) is 0 Å². The SMILES string of the molecule is NCc1nnc(Cc2ccccc2Cl)n1-c1ccccc1. The summed E-state index contributed by atoms with van der Waals surface area (Å²) in [4.78, 5) is 0. The van der Waals surface area contributed by atoms with Crippen LogP contribution in [0.25, 0.3) is 5.69 Å². The molecule has 0 saturated heterocycles. The number of nitrogens with two attached hydrogens (primary N) is 1. The lowest BCUT2D eigenvalue weighted by Gasteiger charge is -2.10. The molecule has 0 amide bonds. The molecule has 4 nitrogen and oxygen atoms in total. The minimum absolute atomic E-state index is 0.338. The zero-order valence-corrected chi connectivity index (χ0v) is 12.2. The third-order valence-electron chi connectivity index (χ3n) is 3.30. The molecule has 3 rings (SSSR count). The molecule has 1 aromatic heterocycles. The molecular weight excluding hydrogens is 284 g/mol. The van der Waals surface area contributed by atoms with Gasteiger partial charge in [-0.1, -0.05) is 48.0 Å². The Bertz CT molecular complexity index is 737. The van der Waals surface area contributed by atoms with Crippen molar-refractivity contribution in [3.8, 4) is 5.69 Å². The molecule has 0 bridgehead atoms. The number of aromatic nitrogens is 3. The Morgan fingerprint density at radius 2 is 1.57 bits per heavy atom. The van der Waals surface area contributed by atoms with E-state index in [1.165, 1.54) is 0 Å². The van der Waals surface area contributed by atoms with Crippen molar-refractivity contribution in [1.29, 1.82) is 0 Å². The lowest BCUT2D eigenvalue weighted by Crippen LogP contribution is -2.09. The van der Waals surface area contributed by atoms with Gasteiger partial charge in [-0.05, 0) is 23.8 Å². The molecule has 106 valence electrons. The van der Waals surface area contributed by atoms with Gasteiger partial charge in [0, 0.05) is 17.1 Å². The van der Waals surface area contributed by atoms with E-state index < -0.39 is 0 Å². The van der Waals surface area contributed by atoms with Crippen LogP contribution in [0, 0.1) is 0 Å². The van der Waals surface area contributed by atoms with Gasteiger partial charge < -0.3 is 5.73 Å². The summed E-state index contributed by atoms with van der Waals surface area (Å²) < 4.78 is 1.99. The van der Waals surface area contributed by atoms with Gasteiger partial charge in [0.25, 0.3) is 0 Å². The van der Waals surface area contributed by atoms with Crippen molar-refractivity contribution in [3.63, 3.8) is 0 Å². The Hall–Kier alpha value is -2.17. The van der Waals surface area contributed by atoms with Crippen molar-refractivity contribution in [1.82, 2.24) is 14.8 Å². The van der Waals surface area contributed by atoms with Crippen LogP contribution in [0.4, 0.5) is 0 Å². The molecule has 0 aliphatic rings. The Morgan fingerprint density at radius 1 is 0.905 bits per heavy atom. The van der Waals surface area contributed by atoms with Crippen molar-refractivity contribution in [2.24, 2.45) is 5.73 Å². The Kier molecular flexibility index (Phi) is 3.99. The highest BCUT2D eigenvalue weighted by atomic mass is 35.5. The first-order valence-corrected chi connectivity index (χ1v) is 7.09. The standard InChI is InChI=1S/C16H15ClN4/c17-14-9-5-4-6-12(14)10-15-19-20-16(11-18)21(15)13-7-2-1-3-8-13/h1-9H,10-11,18H2. The summed E-state index contributed by atoms with van der Waals surface area (Å²) in [5.41, 5.74) is 7.80. The van der Waals surface area contributed by atoms with E-state index in [4.69, 9.17) is 17.3 Å². The van der Waals surface area contributed by atoms with Crippen LogP contribution in [0.3, 0.4) is 0 Å². The normalized spacial score (nSPS) is 10.8. The van der Waals surface area contributed by atoms with Crippen LogP contribution in [-0.4, -0.2) is 14.8 Å². The van der Waals surface area contributed by atoms with Gasteiger partial charge in [0.2, 0.25) is 0 Å². The van der Waals surface area contributed by atoms with Crippen LogP contribution in [0.15, 0.2) is 54.6 Å². The van der Waals surface area contributed by atoms with Gasteiger partial charge in [0.05, 0.1) is 6.54 Å². The second kappa shape index (κ2) is 6.08. The van der Waals surface area contributed by atoms with E-state index in [1.807, 2.05) is 59.2 Å². The van der Waals surface area contributed by atoms with Gasteiger partial charge in [0.1, 0.15) is 5.82 Å². The van der Waals surface area contributed by atoms with Crippen molar-refractivity contribution in [2.45, 2.75) is 13.0 Å². The van der Waals surface area contributed by atoms with Crippen LogP contribution in [0.5, 0.6) is 0 Å². The van der Waals surface area contributed by atoms with Crippen LogP contribution >= 0.6 is 11.6 Å². The Morgan fingerprint density at radius 3 is 2.29 bits per heavy atom. The van der Waals surface area contributed by atoms with Gasteiger partial charge in [0.15, 0.2) is 5.82 Å². The van der Waals surface area contributed by atoms with Crippen LogP contribution < -0.4 is 5.73 Å². The van der Waals surface area contributed by atoms with E-state index in [0.717, 1.165) is 27.9 Å². The first-order chi connectivity index (χ1) is 10.3.